The maximum atomic E-state index is 13.0. The molecule has 8 heteroatoms. The van der Waals surface area contributed by atoms with Crippen molar-refractivity contribution >= 4 is 33.2 Å². The van der Waals surface area contributed by atoms with Crippen molar-refractivity contribution in [1.82, 2.24) is 4.31 Å². The van der Waals surface area contributed by atoms with Crippen molar-refractivity contribution in [3.05, 3.63) is 59.4 Å². The van der Waals surface area contributed by atoms with Crippen LogP contribution in [0, 0.1) is 5.82 Å². The zero-order valence-corrected chi connectivity index (χ0v) is 15.4. The van der Waals surface area contributed by atoms with E-state index in [9.17, 15) is 17.6 Å². The Morgan fingerprint density at radius 3 is 2.38 bits per heavy atom. The minimum absolute atomic E-state index is 0.100. The van der Waals surface area contributed by atoms with Crippen molar-refractivity contribution in [3.8, 4) is 0 Å². The molecular formula is C18H18ClFN2O3S. The number of hydrogen-bond acceptors (Lipinski definition) is 3. The third kappa shape index (κ3) is 4.06. The highest BCUT2D eigenvalue weighted by Gasteiger charge is 2.37. The van der Waals surface area contributed by atoms with Gasteiger partial charge in [0.2, 0.25) is 15.9 Å². The lowest BCUT2D eigenvalue weighted by atomic mass is 10.0. The first-order valence-electron chi connectivity index (χ1n) is 8.22. The van der Waals surface area contributed by atoms with Crippen molar-refractivity contribution in [2.45, 2.75) is 30.2 Å². The molecule has 5 nitrogen and oxygen atoms in total. The van der Waals surface area contributed by atoms with E-state index in [4.69, 9.17) is 11.6 Å². The monoisotopic (exact) mass is 396 g/mol. The Kier molecular flexibility index (Phi) is 5.60. The average Bonchev–Trinajstić information content (AvgIpc) is 2.64. The van der Waals surface area contributed by atoms with Gasteiger partial charge in [0, 0.05) is 17.3 Å². The maximum Gasteiger partial charge on any atom is 0.243 e. The Labute approximate surface area is 156 Å². The molecule has 0 bridgehead atoms. The minimum Gasteiger partial charge on any atom is -0.325 e. The van der Waals surface area contributed by atoms with Gasteiger partial charge in [0.05, 0.1) is 4.90 Å². The van der Waals surface area contributed by atoms with Crippen molar-refractivity contribution in [2.24, 2.45) is 0 Å². The summed E-state index contributed by atoms with van der Waals surface area (Å²) in [4.78, 5) is 12.8. The summed E-state index contributed by atoms with van der Waals surface area (Å²) in [6.07, 6.45) is 1.88. The summed E-state index contributed by atoms with van der Waals surface area (Å²) in [6, 6.07) is 10.4. The first kappa shape index (κ1) is 18.8. The number of nitrogens with one attached hydrogen (secondary N) is 1. The number of halogens is 2. The van der Waals surface area contributed by atoms with Crippen molar-refractivity contribution < 1.29 is 17.6 Å². The predicted molar refractivity (Wildman–Crippen MR) is 98.0 cm³/mol. The van der Waals surface area contributed by atoms with Crippen molar-refractivity contribution in [3.63, 3.8) is 0 Å². The molecule has 1 amide bonds. The Morgan fingerprint density at radius 1 is 1.08 bits per heavy atom. The standard InChI is InChI=1S/C18H18ClFN2O3S/c19-13-4-10-16(11-5-13)26(24,25)22-12-2-1-3-17(22)18(23)21-15-8-6-14(20)7-9-15/h4-11,17H,1-3,12H2,(H,21,23)/t17-/m0/s1. The fourth-order valence-corrected chi connectivity index (χ4v) is 4.74. The zero-order chi connectivity index (χ0) is 18.7. The van der Waals surface area contributed by atoms with Crippen LogP contribution in [0.4, 0.5) is 10.1 Å². The first-order chi connectivity index (χ1) is 12.4. The van der Waals surface area contributed by atoms with Crippen LogP contribution < -0.4 is 5.32 Å². The molecule has 0 spiro atoms. The van der Waals surface area contributed by atoms with Gasteiger partial charge in [-0.3, -0.25) is 4.79 Å². The minimum atomic E-state index is -3.82. The summed E-state index contributed by atoms with van der Waals surface area (Å²) >= 11 is 5.83. The van der Waals surface area contributed by atoms with Crippen LogP contribution in [0.1, 0.15) is 19.3 Å². The van der Waals surface area contributed by atoms with Gasteiger partial charge in [0.15, 0.2) is 0 Å². The van der Waals surface area contributed by atoms with Gasteiger partial charge < -0.3 is 5.32 Å². The zero-order valence-electron chi connectivity index (χ0n) is 13.9. The smallest absolute Gasteiger partial charge is 0.243 e. The van der Waals surface area contributed by atoms with E-state index in [0.29, 0.717) is 23.6 Å². The number of amides is 1. The average molecular weight is 397 g/mol. The van der Waals surface area contributed by atoms with Crippen LogP contribution in [0.15, 0.2) is 53.4 Å². The fraction of sp³-hybridized carbons (Fsp3) is 0.278. The number of carbonyl (C=O) groups excluding carboxylic acids is 1. The molecule has 26 heavy (non-hydrogen) atoms. The molecule has 138 valence electrons. The van der Waals surface area contributed by atoms with Crippen LogP contribution in [-0.4, -0.2) is 31.2 Å². The van der Waals surface area contributed by atoms with E-state index in [-0.39, 0.29) is 11.4 Å². The third-order valence-electron chi connectivity index (χ3n) is 4.29. The summed E-state index contributed by atoms with van der Waals surface area (Å²) < 4.78 is 40.2. The molecule has 0 radical (unpaired) electrons. The number of anilines is 1. The second-order valence-electron chi connectivity index (χ2n) is 6.08. The molecule has 1 saturated heterocycles. The molecule has 1 aliphatic heterocycles. The molecule has 0 unspecified atom stereocenters. The summed E-state index contributed by atoms with van der Waals surface area (Å²) in [7, 11) is -3.82. The van der Waals surface area contributed by atoms with E-state index in [1.165, 1.54) is 52.8 Å². The normalized spacial score (nSPS) is 18.5. The second kappa shape index (κ2) is 7.73. The van der Waals surface area contributed by atoms with Crippen molar-refractivity contribution in [1.29, 1.82) is 0 Å². The van der Waals surface area contributed by atoms with E-state index in [1.807, 2.05) is 0 Å². The molecule has 2 aromatic rings. The van der Waals surface area contributed by atoms with Crippen LogP contribution in [0.5, 0.6) is 0 Å². The fourth-order valence-electron chi connectivity index (χ4n) is 2.96. The van der Waals surface area contributed by atoms with Crippen LogP contribution in [0.25, 0.3) is 0 Å². The van der Waals surface area contributed by atoms with Crippen molar-refractivity contribution in [2.75, 3.05) is 11.9 Å². The van der Waals surface area contributed by atoms with Gasteiger partial charge in [-0.2, -0.15) is 4.31 Å². The molecule has 0 aromatic heterocycles. The van der Waals surface area contributed by atoms with Gasteiger partial charge in [-0.25, -0.2) is 12.8 Å². The highest BCUT2D eigenvalue weighted by Crippen LogP contribution is 2.27. The molecule has 1 aliphatic rings. The summed E-state index contributed by atoms with van der Waals surface area (Å²) in [6.45, 7) is 0.270. The number of hydrogen-bond donors (Lipinski definition) is 1. The van der Waals surface area contributed by atoms with Gasteiger partial charge >= 0.3 is 0 Å². The molecule has 1 heterocycles. The Hall–Kier alpha value is -1.96. The Balaban J connectivity index is 1.83. The third-order valence-corrected chi connectivity index (χ3v) is 6.46. The predicted octanol–water partition coefficient (Wildman–Crippen LogP) is 3.66. The maximum absolute atomic E-state index is 13.0. The van der Waals surface area contributed by atoms with Crippen LogP contribution in [-0.2, 0) is 14.8 Å². The Morgan fingerprint density at radius 2 is 1.73 bits per heavy atom. The van der Waals surface area contributed by atoms with Gasteiger partial charge in [-0.05, 0) is 61.4 Å². The highest BCUT2D eigenvalue weighted by atomic mass is 35.5. The molecule has 0 saturated carbocycles. The quantitative estimate of drug-likeness (QED) is 0.857. The van der Waals surface area contributed by atoms with Gasteiger partial charge in [-0.15, -0.1) is 0 Å². The van der Waals surface area contributed by atoms with E-state index >= 15 is 0 Å². The van der Waals surface area contributed by atoms with Crippen LogP contribution >= 0.6 is 11.6 Å². The van der Waals surface area contributed by atoms with E-state index in [0.717, 1.165) is 6.42 Å². The lowest BCUT2D eigenvalue weighted by molar-refractivity contribution is -0.120. The number of rotatable bonds is 4. The summed E-state index contributed by atoms with van der Waals surface area (Å²) in [5, 5.41) is 3.11. The number of nitrogens with zero attached hydrogens (tertiary/aromatic N) is 1. The number of benzene rings is 2. The first-order valence-corrected chi connectivity index (χ1v) is 10.0. The summed E-state index contributed by atoms with van der Waals surface area (Å²) in [5.41, 5.74) is 0.422. The van der Waals surface area contributed by atoms with Gasteiger partial charge in [0.1, 0.15) is 11.9 Å². The van der Waals surface area contributed by atoms with E-state index in [2.05, 4.69) is 5.32 Å². The number of sulfonamides is 1. The van der Waals surface area contributed by atoms with Gasteiger partial charge in [0.25, 0.3) is 0 Å². The van der Waals surface area contributed by atoms with Gasteiger partial charge in [-0.1, -0.05) is 18.0 Å². The molecule has 3 rings (SSSR count). The summed E-state index contributed by atoms with van der Waals surface area (Å²) in [5.74, 6) is -0.832. The molecule has 1 fully saturated rings. The molecule has 0 aliphatic carbocycles. The molecule has 1 atom stereocenters. The number of carbonyl (C=O) groups is 1. The molecule has 2 aromatic carbocycles. The molecular weight excluding hydrogens is 379 g/mol. The Bertz CT molecular complexity index is 886. The van der Waals surface area contributed by atoms with E-state index in [1.54, 1.807) is 0 Å². The van der Waals surface area contributed by atoms with Crippen LogP contribution in [0.2, 0.25) is 5.02 Å². The topological polar surface area (TPSA) is 66.5 Å². The lowest BCUT2D eigenvalue weighted by Crippen LogP contribution is -2.49. The second-order valence-corrected chi connectivity index (χ2v) is 8.40. The SMILES string of the molecule is O=C(Nc1ccc(F)cc1)[C@@H]1CCCCN1S(=O)(=O)c1ccc(Cl)cc1. The number of piperidine rings is 1. The van der Waals surface area contributed by atoms with E-state index < -0.39 is 27.8 Å². The molecule has 1 N–H and O–H groups in total. The lowest BCUT2D eigenvalue weighted by Gasteiger charge is -2.33. The largest absolute Gasteiger partial charge is 0.325 e. The highest BCUT2D eigenvalue weighted by molar-refractivity contribution is 7.89. The van der Waals surface area contributed by atoms with Crippen LogP contribution in [0.3, 0.4) is 0 Å².